The Hall–Kier alpha value is -2.25. The van der Waals surface area contributed by atoms with Gasteiger partial charge in [-0.3, -0.25) is 9.59 Å². The summed E-state index contributed by atoms with van der Waals surface area (Å²) < 4.78 is 38.9. The Morgan fingerprint density at radius 3 is 2.67 bits per heavy atom. The number of anilines is 1. The van der Waals surface area contributed by atoms with Crippen molar-refractivity contribution < 1.29 is 22.8 Å². The van der Waals surface area contributed by atoms with Crippen LogP contribution in [0.2, 0.25) is 0 Å². The average molecular weight is 301 g/mol. The van der Waals surface area contributed by atoms with E-state index in [0.29, 0.717) is 6.54 Å². The maximum absolute atomic E-state index is 13.0. The van der Waals surface area contributed by atoms with E-state index < -0.39 is 17.6 Å². The van der Waals surface area contributed by atoms with Crippen molar-refractivity contribution in [3.8, 4) is 0 Å². The molecule has 0 saturated carbocycles. The molecule has 8 heteroatoms. The predicted octanol–water partition coefficient (Wildman–Crippen LogP) is 1.32. The van der Waals surface area contributed by atoms with Crippen LogP contribution in [0.3, 0.4) is 0 Å². The van der Waals surface area contributed by atoms with Gasteiger partial charge in [0.15, 0.2) is 0 Å². The summed E-state index contributed by atoms with van der Waals surface area (Å²) in [5.74, 6) is -0.923. The number of benzene rings is 1. The molecule has 0 radical (unpaired) electrons. The van der Waals surface area contributed by atoms with E-state index in [1.165, 1.54) is 24.1 Å². The van der Waals surface area contributed by atoms with Crippen molar-refractivity contribution in [1.29, 1.82) is 0 Å². The number of carbonyl (C=O) groups excluding carboxylic acids is 2. The molecule has 0 spiro atoms. The number of alkyl halides is 3. The summed E-state index contributed by atoms with van der Waals surface area (Å²) in [6.45, 7) is 0.403. The minimum absolute atomic E-state index is 0.0953. The summed E-state index contributed by atoms with van der Waals surface area (Å²) >= 11 is 0. The topological polar surface area (TPSA) is 61.4 Å². The summed E-state index contributed by atoms with van der Waals surface area (Å²) in [4.78, 5) is 24.9. The van der Waals surface area contributed by atoms with Gasteiger partial charge in [0, 0.05) is 20.1 Å². The summed E-state index contributed by atoms with van der Waals surface area (Å²) in [5.41, 5.74) is -1.28. The third-order valence-electron chi connectivity index (χ3n) is 3.18. The van der Waals surface area contributed by atoms with Crippen LogP contribution in [0, 0.1) is 0 Å². The fourth-order valence-electron chi connectivity index (χ4n) is 2.22. The SMILES string of the molecule is CNc1c(C(=O)N2CCNC(=O)C2)cccc1C(F)(F)F. The number of hydrogen-bond acceptors (Lipinski definition) is 3. The van der Waals surface area contributed by atoms with Crippen LogP contribution in [-0.4, -0.2) is 43.4 Å². The molecule has 0 unspecified atom stereocenters. The number of nitrogens with zero attached hydrogens (tertiary/aromatic N) is 1. The Bertz CT molecular complexity index is 572. The fourth-order valence-corrected chi connectivity index (χ4v) is 2.22. The normalized spacial score (nSPS) is 15.6. The van der Waals surface area contributed by atoms with Crippen molar-refractivity contribution in [3.63, 3.8) is 0 Å². The van der Waals surface area contributed by atoms with Crippen LogP contribution in [0.1, 0.15) is 15.9 Å². The van der Waals surface area contributed by atoms with Gasteiger partial charge in [-0.1, -0.05) is 6.07 Å². The highest BCUT2D eigenvalue weighted by molar-refractivity contribution is 6.02. The fraction of sp³-hybridized carbons (Fsp3) is 0.385. The van der Waals surface area contributed by atoms with Gasteiger partial charge in [0.05, 0.1) is 23.4 Å². The van der Waals surface area contributed by atoms with Crippen LogP contribution in [0.25, 0.3) is 0 Å². The second-order valence-electron chi connectivity index (χ2n) is 4.55. The highest BCUT2D eigenvalue weighted by Crippen LogP contribution is 2.36. The summed E-state index contributed by atoms with van der Waals surface area (Å²) in [6.07, 6.45) is -4.56. The highest BCUT2D eigenvalue weighted by Gasteiger charge is 2.35. The van der Waals surface area contributed by atoms with Crippen LogP contribution >= 0.6 is 0 Å². The first-order chi connectivity index (χ1) is 9.84. The number of carbonyl (C=O) groups is 2. The lowest BCUT2D eigenvalue weighted by Gasteiger charge is -2.28. The van der Waals surface area contributed by atoms with E-state index in [9.17, 15) is 22.8 Å². The van der Waals surface area contributed by atoms with E-state index in [1.807, 2.05) is 0 Å². The molecule has 1 fully saturated rings. The van der Waals surface area contributed by atoms with E-state index in [-0.39, 0.29) is 30.2 Å². The molecule has 5 nitrogen and oxygen atoms in total. The molecule has 0 aromatic heterocycles. The Balaban J connectivity index is 2.39. The van der Waals surface area contributed by atoms with Crippen LogP contribution in [-0.2, 0) is 11.0 Å². The maximum atomic E-state index is 13.0. The first-order valence-electron chi connectivity index (χ1n) is 6.28. The lowest BCUT2D eigenvalue weighted by Crippen LogP contribution is -2.50. The third-order valence-corrected chi connectivity index (χ3v) is 3.18. The van der Waals surface area contributed by atoms with E-state index >= 15 is 0 Å². The van der Waals surface area contributed by atoms with Gasteiger partial charge in [-0.2, -0.15) is 13.2 Å². The maximum Gasteiger partial charge on any atom is 0.418 e. The van der Waals surface area contributed by atoms with Crippen molar-refractivity contribution >= 4 is 17.5 Å². The predicted molar refractivity (Wildman–Crippen MR) is 69.9 cm³/mol. The van der Waals surface area contributed by atoms with Crippen molar-refractivity contribution in [3.05, 3.63) is 29.3 Å². The zero-order chi connectivity index (χ0) is 15.6. The molecule has 1 aliphatic heterocycles. The van der Waals surface area contributed by atoms with Gasteiger partial charge in [0.1, 0.15) is 0 Å². The molecule has 0 bridgehead atoms. The largest absolute Gasteiger partial charge is 0.418 e. The lowest BCUT2D eigenvalue weighted by atomic mass is 10.0. The second kappa shape index (κ2) is 5.63. The summed E-state index contributed by atoms with van der Waals surface area (Å²) in [7, 11) is 1.32. The molecule has 0 aliphatic carbocycles. The Morgan fingerprint density at radius 1 is 1.38 bits per heavy atom. The second-order valence-corrected chi connectivity index (χ2v) is 4.55. The van der Waals surface area contributed by atoms with Crippen LogP contribution in [0.15, 0.2) is 18.2 Å². The molecule has 0 atom stereocenters. The van der Waals surface area contributed by atoms with E-state index in [4.69, 9.17) is 0 Å². The van der Waals surface area contributed by atoms with Crippen molar-refractivity contribution in [2.45, 2.75) is 6.18 Å². The van der Waals surface area contributed by atoms with E-state index in [0.717, 1.165) is 6.07 Å². The Morgan fingerprint density at radius 2 is 2.10 bits per heavy atom. The molecule has 1 saturated heterocycles. The Labute approximate surface area is 119 Å². The summed E-state index contributed by atoms with van der Waals surface area (Å²) in [6, 6.07) is 3.41. The molecule has 1 aromatic rings. The number of rotatable bonds is 2. The standard InChI is InChI=1S/C13H14F3N3O2/c1-17-11-8(3-2-4-9(11)13(14,15)16)12(21)19-6-5-18-10(20)7-19/h2-4,17H,5-7H2,1H3,(H,18,20). The molecular weight excluding hydrogens is 287 g/mol. The smallest absolute Gasteiger partial charge is 0.387 e. The van der Waals surface area contributed by atoms with Crippen LogP contribution in [0.4, 0.5) is 18.9 Å². The van der Waals surface area contributed by atoms with Gasteiger partial charge in [-0.05, 0) is 12.1 Å². The van der Waals surface area contributed by atoms with Gasteiger partial charge in [0.25, 0.3) is 5.91 Å². The zero-order valence-corrected chi connectivity index (χ0v) is 11.3. The minimum atomic E-state index is -4.56. The van der Waals surface area contributed by atoms with Gasteiger partial charge < -0.3 is 15.5 Å². The molecule has 114 valence electrons. The number of hydrogen-bond donors (Lipinski definition) is 2. The number of piperazine rings is 1. The van der Waals surface area contributed by atoms with Crippen molar-refractivity contribution in [2.75, 3.05) is 32.0 Å². The van der Waals surface area contributed by atoms with Gasteiger partial charge in [-0.15, -0.1) is 0 Å². The zero-order valence-electron chi connectivity index (χ0n) is 11.3. The monoisotopic (exact) mass is 301 g/mol. The molecule has 1 aliphatic rings. The molecule has 2 amide bonds. The van der Waals surface area contributed by atoms with Crippen molar-refractivity contribution in [2.24, 2.45) is 0 Å². The molecule has 2 rings (SSSR count). The van der Waals surface area contributed by atoms with E-state index in [1.54, 1.807) is 0 Å². The van der Waals surface area contributed by atoms with Gasteiger partial charge in [0.2, 0.25) is 5.91 Å². The Kier molecular flexibility index (Phi) is 4.06. The van der Waals surface area contributed by atoms with Crippen molar-refractivity contribution in [1.82, 2.24) is 10.2 Å². The van der Waals surface area contributed by atoms with Crippen LogP contribution < -0.4 is 10.6 Å². The quantitative estimate of drug-likeness (QED) is 0.866. The summed E-state index contributed by atoms with van der Waals surface area (Å²) in [5, 5.41) is 4.99. The molecule has 1 heterocycles. The van der Waals surface area contributed by atoms with Gasteiger partial charge >= 0.3 is 6.18 Å². The molecular formula is C13H14F3N3O2. The molecule has 21 heavy (non-hydrogen) atoms. The minimum Gasteiger partial charge on any atom is -0.387 e. The number of nitrogens with one attached hydrogen (secondary N) is 2. The number of para-hydroxylation sites is 1. The van der Waals surface area contributed by atoms with E-state index in [2.05, 4.69) is 10.6 Å². The van der Waals surface area contributed by atoms with Crippen LogP contribution in [0.5, 0.6) is 0 Å². The average Bonchev–Trinajstić information content (AvgIpc) is 2.44. The molecule has 2 N–H and O–H groups in total. The highest BCUT2D eigenvalue weighted by atomic mass is 19.4. The first kappa shape index (κ1) is 15.1. The van der Waals surface area contributed by atoms with Gasteiger partial charge in [-0.25, -0.2) is 0 Å². The lowest BCUT2D eigenvalue weighted by molar-refractivity contribution is -0.137. The molecule has 1 aromatic carbocycles. The number of amides is 2. The third kappa shape index (κ3) is 3.09. The first-order valence-corrected chi connectivity index (χ1v) is 6.28. The number of halogens is 3.